The zero-order valence-corrected chi connectivity index (χ0v) is 17.9. The van der Waals surface area contributed by atoms with Crippen LogP contribution in [0.4, 0.5) is 0 Å². The standard InChI is InChI=1S/C24H29N3O4/c1-27(15-25)24(26)22(13-23(28)29)17-5-8-20(9-6-17)31-14-16-3-4-19-12-21(30-2)10-7-18(19)11-16/h3-6,8-9,11,15,21-22,25-26H,7,10,12-14H2,1-2H3,(H,28,29). The predicted molar refractivity (Wildman–Crippen MR) is 119 cm³/mol. The highest BCUT2D eigenvalue weighted by Gasteiger charge is 2.23. The minimum atomic E-state index is -0.988. The summed E-state index contributed by atoms with van der Waals surface area (Å²) in [7, 11) is 3.33. The van der Waals surface area contributed by atoms with Crippen molar-refractivity contribution in [2.75, 3.05) is 14.2 Å². The molecule has 0 aliphatic heterocycles. The molecule has 1 aliphatic rings. The van der Waals surface area contributed by atoms with Crippen LogP contribution in [0.2, 0.25) is 0 Å². The lowest BCUT2D eigenvalue weighted by atomic mass is 9.88. The van der Waals surface area contributed by atoms with Gasteiger partial charge in [0.1, 0.15) is 18.2 Å². The fourth-order valence-electron chi connectivity index (χ4n) is 3.89. The van der Waals surface area contributed by atoms with E-state index in [0.717, 1.165) is 31.2 Å². The highest BCUT2D eigenvalue weighted by molar-refractivity contribution is 5.95. The van der Waals surface area contributed by atoms with E-state index >= 15 is 0 Å². The minimum Gasteiger partial charge on any atom is -0.489 e. The largest absolute Gasteiger partial charge is 0.489 e. The van der Waals surface area contributed by atoms with Crippen LogP contribution in [0.3, 0.4) is 0 Å². The van der Waals surface area contributed by atoms with E-state index in [-0.39, 0.29) is 12.3 Å². The van der Waals surface area contributed by atoms with Crippen molar-refractivity contribution in [3.63, 3.8) is 0 Å². The van der Waals surface area contributed by atoms with Crippen LogP contribution in [0.5, 0.6) is 5.75 Å². The first-order valence-electron chi connectivity index (χ1n) is 10.3. The molecule has 0 fully saturated rings. The summed E-state index contributed by atoms with van der Waals surface area (Å²) in [5.74, 6) is -0.870. The number of amidine groups is 1. The van der Waals surface area contributed by atoms with E-state index in [1.54, 1.807) is 38.4 Å². The van der Waals surface area contributed by atoms with Crippen LogP contribution in [0.15, 0.2) is 42.5 Å². The average Bonchev–Trinajstić information content (AvgIpc) is 2.80. The number of aryl methyl sites for hydroxylation is 1. The van der Waals surface area contributed by atoms with Crippen LogP contribution >= 0.6 is 0 Å². The predicted octanol–water partition coefficient (Wildman–Crippen LogP) is 3.84. The number of nitrogens with zero attached hydrogens (tertiary/aromatic N) is 1. The molecule has 0 amide bonds. The minimum absolute atomic E-state index is 0.0656. The van der Waals surface area contributed by atoms with Crippen molar-refractivity contribution in [1.29, 1.82) is 10.8 Å². The lowest BCUT2D eigenvalue weighted by Crippen LogP contribution is -2.31. The van der Waals surface area contributed by atoms with Gasteiger partial charge in [0, 0.05) is 14.2 Å². The van der Waals surface area contributed by atoms with Crippen molar-refractivity contribution in [2.24, 2.45) is 0 Å². The van der Waals surface area contributed by atoms with Crippen molar-refractivity contribution < 1.29 is 19.4 Å². The Morgan fingerprint density at radius 1 is 1.26 bits per heavy atom. The summed E-state index contributed by atoms with van der Waals surface area (Å²) in [6.45, 7) is 0.450. The average molecular weight is 424 g/mol. The van der Waals surface area contributed by atoms with Crippen LogP contribution in [-0.4, -0.2) is 48.4 Å². The molecule has 3 rings (SSSR count). The highest BCUT2D eigenvalue weighted by atomic mass is 16.5. The zero-order chi connectivity index (χ0) is 22.4. The van der Waals surface area contributed by atoms with E-state index in [2.05, 4.69) is 18.2 Å². The zero-order valence-electron chi connectivity index (χ0n) is 17.9. The summed E-state index contributed by atoms with van der Waals surface area (Å²) in [6.07, 6.45) is 4.10. The smallest absolute Gasteiger partial charge is 0.304 e. The van der Waals surface area contributed by atoms with E-state index in [9.17, 15) is 9.90 Å². The molecular formula is C24H29N3O4. The summed E-state index contributed by atoms with van der Waals surface area (Å²) in [6, 6.07) is 13.6. The molecule has 0 bridgehead atoms. The van der Waals surface area contributed by atoms with Crippen LogP contribution in [0, 0.1) is 10.8 Å². The van der Waals surface area contributed by atoms with Gasteiger partial charge in [0.15, 0.2) is 0 Å². The molecular weight excluding hydrogens is 394 g/mol. The second-order valence-electron chi connectivity index (χ2n) is 7.84. The molecule has 2 aromatic carbocycles. The van der Waals surface area contributed by atoms with E-state index < -0.39 is 11.9 Å². The van der Waals surface area contributed by atoms with E-state index in [1.165, 1.54) is 16.0 Å². The quantitative estimate of drug-likeness (QED) is 0.420. The number of hydrogen-bond acceptors (Lipinski definition) is 5. The highest BCUT2D eigenvalue weighted by Crippen LogP contribution is 2.27. The van der Waals surface area contributed by atoms with Gasteiger partial charge < -0.3 is 19.5 Å². The van der Waals surface area contributed by atoms with Gasteiger partial charge in [-0.05, 0) is 53.6 Å². The van der Waals surface area contributed by atoms with Gasteiger partial charge in [-0.15, -0.1) is 0 Å². The number of hydrogen-bond donors (Lipinski definition) is 3. The Balaban J connectivity index is 1.65. The number of rotatable bonds is 9. The summed E-state index contributed by atoms with van der Waals surface area (Å²) < 4.78 is 11.4. The van der Waals surface area contributed by atoms with Crippen molar-refractivity contribution in [1.82, 2.24) is 4.90 Å². The fourth-order valence-corrected chi connectivity index (χ4v) is 3.89. The third kappa shape index (κ3) is 5.70. The number of likely N-dealkylation sites (N-methyl/N-ethyl adjacent to an activating group) is 1. The molecule has 0 radical (unpaired) electrons. The molecule has 3 N–H and O–H groups in total. The van der Waals surface area contributed by atoms with Gasteiger partial charge in [0.25, 0.3) is 0 Å². The molecule has 164 valence electrons. The molecule has 2 atom stereocenters. The SMILES string of the molecule is COC1CCc2cc(COc3ccc(C(CC(=O)O)C(=N)N(C)C=N)cc3)ccc2C1. The number of methoxy groups -OCH3 is 1. The van der Waals surface area contributed by atoms with Crippen molar-refractivity contribution >= 4 is 18.1 Å². The van der Waals surface area contributed by atoms with Crippen LogP contribution in [0.25, 0.3) is 0 Å². The number of benzene rings is 2. The Kier molecular flexibility index (Phi) is 7.41. The van der Waals surface area contributed by atoms with Gasteiger partial charge in [-0.1, -0.05) is 30.3 Å². The van der Waals surface area contributed by atoms with Crippen molar-refractivity contribution in [3.8, 4) is 5.75 Å². The van der Waals surface area contributed by atoms with Crippen molar-refractivity contribution in [2.45, 2.75) is 44.3 Å². The maximum Gasteiger partial charge on any atom is 0.304 e. The molecule has 0 saturated carbocycles. The monoisotopic (exact) mass is 423 g/mol. The third-order valence-electron chi connectivity index (χ3n) is 5.76. The van der Waals surface area contributed by atoms with Crippen molar-refractivity contribution in [3.05, 3.63) is 64.7 Å². The maximum atomic E-state index is 11.3. The van der Waals surface area contributed by atoms with Crippen LogP contribution in [-0.2, 0) is 29.0 Å². The summed E-state index contributed by atoms with van der Waals surface area (Å²) in [5, 5.41) is 24.7. The van der Waals surface area contributed by atoms with Gasteiger partial charge in [0.05, 0.1) is 24.8 Å². The molecule has 0 saturated heterocycles. The Labute approximate surface area is 182 Å². The van der Waals surface area contributed by atoms with E-state index in [0.29, 0.717) is 24.0 Å². The topological polar surface area (TPSA) is 107 Å². The fraction of sp³-hybridized carbons (Fsp3) is 0.375. The first-order chi connectivity index (χ1) is 14.9. The van der Waals surface area contributed by atoms with E-state index in [1.807, 2.05) is 0 Å². The van der Waals surface area contributed by atoms with Gasteiger partial charge in [0.2, 0.25) is 0 Å². The van der Waals surface area contributed by atoms with Gasteiger partial charge in [-0.25, -0.2) is 0 Å². The molecule has 7 nitrogen and oxygen atoms in total. The Morgan fingerprint density at radius 3 is 2.65 bits per heavy atom. The Bertz CT molecular complexity index is 942. The molecule has 0 spiro atoms. The normalized spacial score (nSPS) is 16.1. The molecule has 2 unspecified atom stereocenters. The number of carboxylic acids is 1. The molecule has 2 aromatic rings. The number of fused-ring (bicyclic) bond motifs is 1. The number of aliphatic carboxylic acids is 1. The number of carbonyl (C=O) groups is 1. The second-order valence-corrected chi connectivity index (χ2v) is 7.84. The molecule has 1 aliphatic carbocycles. The van der Waals surface area contributed by atoms with Gasteiger partial charge in [-0.2, -0.15) is 0 Å². The lowest BCUT2D eigenvalue weighted by molar-refractivity contribution is -0.137. The van der Waals surface area contributed by atoms with E-state index in [4.69, 9.17) is 20.3 Å². The number of carboxylic acid groups (broad SMARTS) is 1. The lowest BCUT2D eigenvalue weighted by Gasteiger charge is -2.24. The summed E-state index contributed by atoms with van der Waals surface area (Å²) in [5.41, 5.74) is 4.51. The summed E-state index contributed by atoms with van der Waals surface area (Å²) >= 11 is 0. The second kappa shape index (κ2) is 10.2. The summed E-state index contributed by atoms with van der Waals surface area (Å²) in [4.78, 5) is 12.6. The molecule has 0 aromatic heterocycles. The number of ether oxygens (including phenoxy) is 2. The first kappa shape index (κ1) is 22.5. The maximum absolute atomic E-state index is 11.3. The Hall–Kier alpha value is -3.19. The molecule has 7 heteroatoms. The van der Waals surface area contributed by atoms with Gasteiger partial charge in [-0.3, -0.25) is 15.6 Å². The van der Waals surface area contributed by atoms with Gasteiger partial charge >= 0.3 is 5.97 Å². The number of nitrogens with one attached hydrogen (secondary N) is 2. The molecule has 0 heterocycles. The Morgan fingerprint density at radius 2 is 2.00 bits per heavy atom. The van der Waals surface area contributed by atoms with Crippen LogP contribution in [0.1, 0.15) is 41.0 Å². The first-order valence-corrected chi connectivity index (χ1v) is 10.3. The van der Waals surface area contributed by atoms with Crippen LogP contribution < -0.4 is 4.74 Å². The third-order valence-corrected chi connectivity index (χ3v) is 5.76. The molecule has 31 heavy (non-hydrogen) atoms.